The average Bonchev–Trinajstić information content (AvgIpc) is 2.98. The molecule has 1 aliphatic carbocycles. The van der Waals surface area contributed by atoms with Crippen LogP contribution >= 0.6 is 27.7 Å². The first-order valence-electron chi connectivity index (χ1n) is 10.8. The smallest absolute Gasteiger partial charge is 0.293 e. The summed E-state index contributed by atoms with van der Waals surface area (Å²) in [6.07, 6.45) is 8.55. The van der Waals surface area contributed by atoms with E-state index in [2.05, 4.69) is 22.9 Å². The van der Waals surface area contributed by atoms with E-state index >= 15 is 0 Å². The molecule has 2 aliphatic rings. The zero-order valence-corrected chi connectivity index (χ0v) is 20.3. The van der Waals surface area contributed by atoms with Gasteiger partial charge in [-0.3, -0.25) is 14.5 Å². The third kappa shape index (κ3) is 5.61. The van der Waals surface area contributed by atoms with E-state index in [4.69, 9.17) is 9.47 Å². The van der Waals surface area contributed by atoms with Gasteiger partial charge in [0.2, 0.25) is 0 Å². The Morgan fingerprint density at radius 2 is 1.97 bits per heavy atom. The molecule has 2 amide bonds. The molecule has 1 saturated heterocycles. The van der Waals surface area contributed by atoms with Crippen LogP contribution in [0.25, 0.3) is 6.08 Å². The molecular weight excluding hydrogens is 466 g/mol. The fraction of sp³-hybridized carbons (Fsp3) is 0.565. The van der Waals surface area contributed by atoms with Crippen LogP contribution in [0.1, 0.15) is 64.9 Å². The van der Waals surface area contributed by atoms with Crippen molar-refractivity contribution in [2.45, 2.75) is 65.4 Å². The first kappa shape index (κ1) is 23.2. The fourth-order valence-corrected chi connectivity index (χ4v) is 5.17. The number of amides is 2. The van der Waals surface area contributed by atoms with Gasteiger partial charge in [0.1, 0.15) is 0 Å². The number of rotatable bonds is 8. The Bertz CT molecular complexity index is 820. The number of hydrogen-bond acceptors (Lipinski definition) is 5. The summed E-state index contributed by atoms with van der Waals surface area (Å²) in [5, 5.41) is -0.169. The molecule has 1 aliphatic heterocycles. The molecule has 1 heterocycles. The van der Waals surface area contributed by atoms with Crippen molar-refractivity contribution in [2.75, 3.05) is 13.2 Å². The van der Waals surface area contributed by atoms with Crippen molar-refractivity contribution in [1.82, 2.24) is 4.90 Å². The highest BCUT2D eigenvalue weighted by Crippen LogP contribution is 2.40. The minimum atomic E-state index is -0.190. The van der Waals surface area contributed by atoms with Gasteiger partial charge in [0, 0.05) is 6.54 Å². The Morgan fingerprint density at radius 1 is 1.23 bits per heavy atom. The summed E-state index contributed by atoms with van der Waals surface area (Å²) in [4.78, 5) is 27.2. The van der Waals surface area contributed by atoms with Crippen molar-refractivity contribution in [3.05, 3.63) is 27.1 Å². The minimum Gasteiger partial charge on any atom is -0.490 e. The van der Waals surface area contributed by atoms with Crippen LogP contribution in [0.4, 0.5) is 4.79 Å². The number of imide groups is 1. The zero-order chi connectivity index (χ0) is 21.7. The maximum atomic E-state index is 12.9. The summed E-state index contributed by atoms with van der Waals surface area (Å²) in [5.74, 6) is 1.53. The fourth-order valence-electron chi connectivity index (χ4n) is 3.77. The van der Waals surface area contributed by atoms with E-state index in [0.717, 1.165) is 41.1 Å². The highest BCUT2D eigenvalue weighted by atomic mass is 79.9. The van der Waals surface area contributed by atoms with Gasteiger partial charge in [-0.1, -0.05) is 26.2 Å². The second-order valence-corrected chi connectivity index (χ2v) is 9.74. The van der Waals surface area contributed by atoms with Gasteiger partial charge in [-0.2, -0.15) is 0 Å². The molecule has 0 aromatic heterocycles. The van der Waals surface area contributed by atoms with Crippen molar-refractivity contribution in [1.29, 1.82) is 0 Å². The normalized spacial score (nSPS) is 20.1. The van der Waals surface area contributed by atoms with Gasteiger partial charge >= 0.3 is 0 Å². The Labute approximate surface area is 191 Å². The lowest BCUT2D eigenvalue weighted by molar-refractivity contribution is -0.123. The number of halogens is 1. The lowest BCUT2D eigenvalue weighted by Crippen LogP contribution is -2.34. The van der Waals surface area contributed by atoms with Gasteiger partial charge < -0.3 is 9.47 Å². The zero-order valence-electron chi connectivity index (χ0n) is 17.9. The summed E-state index contributed by atoms with van der Waals surface area (Å²) in [6, 6.07) is 3.76. The molecule has 2 fully saturated rings. The predicted octanol–water partition coefficient (Wildman–Crippen LogP) is 6.64. The van der Waals surface area contributed by atoms with E-state index in [0.29, 0.717) is 35.5 Å². The van der Waals surface area contributed by atoms with Gasteiger partial charge in [0.25, 0.3) is 11.1 Å². The van der Waals surface area contributed by atoms with Crippen LogP contribution < -0.4 is 9.47 Å². The van der Waals surface area contributed by atoms with E-state index in [9.17, 15) is 9.59 Å². The molecule has 0 N–H and O–H groups in total. The van der Waals surface area contributed by atoms with Crippen molar-refractivity contribution in [3.8, 4) is 11.5 Å². The van der Waals surface area contributed by atoms with Crippen LogP contribution in [0.15, 0.2) is 21.5 Å². The lowest BCUT2D eigenvalue weighted by atomic mass is 9.89. The SMILES string of the molecule is CCOc1cc(/C=C2/SC(=O)N(CC3CCCCC3)C2=O)cc(Br)c1O[C@@H](C)CC. The van der Waals surface area contributed by atoms with Gasteiger partial charge in [-0.15, -0.1) is 0 Å². The molecular formula is C23H30BrNO4S. The predicted molar refractivity (Wildman–Crippen MR) is 125 cm³/mol. The van der Waals surface area contributed by atoms with Crippen LogP contribution in [-0.2, 0) is 4.79 Å². The third-order valence-electron chi connectivity index (χ3n) is 5.56. The second-order valence-electron chi connectivity index (χ2n) is 7.90. The highest BCUT2D eigenvalue weighted by Gasteiger charge is 2.36. The number of carbonyl (C=O) groups is 2. The summed E-state index contributed by atoms with van der Waals surface area (Å²) >= 11 is 4.60. The summed E-state index contributed by atoms with van der Waals surface area (Å²) in [5.41, 5.74) is 0.796. The van der Waals surface area contributed by atoms with Crippen LogP contribution in [0, 0.1) is 5.92 Å². The van der Waals surface area contributed by atoms with E-state index in [1.807, 2.05) is 26.0 Å². The maximum Gasteiger partial charge on any atom is 0.293 e. The van der Waals surface area contributed by atoms with Crippen LogP contribution in [0.2, 0.25) is 0 Å². The topological polar surface area (TPSA) is 55.8 Å². The van der Waals surface area contributed by atoms with Crippen LogP contribution in [0.3, 0.4) is 0 Å². The Balaban J connectivity index is 1.81. The highest BCUT2D eigenvalue weighted by molar-refractivity contribution is 9.10. The number of benzene rings is 1. The molecule has 164 valence electrons. The molecule has 1 aromatic rings. The first-order valence-corrected chi connectivity index (χ1v) is 12.4. The molecule has 5 nitrogen and oxygen atoms in total. The summed E-state index contributed by atoms with van der Waals surface area (Å²) < 4.78 is 12.6. The largest absolute Gasteiger partial charge is 0.490 e. The van der Waals surface area contributed by atoms with Gasteiger partial charge in [0.15, 0.2) is 11.5 Å². The quantitative estimate of drug-likeness (QED) is 0.378. The maximum absolute atomic E-state index is 12.9. The number of ether oxygens (including phenoxy) is 2. The van der Waals surface area contributed by atoms with Crippen molar-refractivity contribution < 1.29 is 19.1 Å². The molecule has 0 bridgehead atoms. The molecule has 0 radical (unpaired) electrons. The van der Waals surface area contributed by atoms with Crippen molar-refractivity contribution in [3.63, 3.8) is 0 Å². The molecule has 0 spiro atoms. The van der Waals surface area contributed by atoms with E-state index in [-0.39, 0.29) is 17.3 Å². The minimum absolute atomic E-state index is 0.0580. The molecule has 30 heavy (non-hydrogen) atoms. The molecule has 1 atom stereocenters. The molecule has 7 heteroatoms. The Morgan fingerprint density at radius 3 is 2.63 bits per heavy atom. The number of carbonyl (C=O) groups excluding carboxylic acids is 2. The summed E-state index contributed by atoms with van der Waals surface area (Å²) in [7, 11) is 0. The monoisotopic (exact) mass is 495 g/mol. The van der Waals surface area contributed by atoms with E-state index in [1.54, 1.807) is 6.08 Å². The number of nitrogens with zero attached hydrogens (tertiary/aromatic N) is 1. The van der Waals surface area contributed by atoms with E-state index in [1.165, 1.54) is 24.2 Å². The van der Waals surface area contributed by atoms with Crippen LogP contribution in [0.5, 0.6) is 11.5 Å². The average molecular weight is 496 g/mol. The van der Waals surface area contributed by atoms with Gasteiger partial charge in [-0.05, 0) is 90.5 Å². The second kappa shape index (κ2) is 10.7. The molecule has 1 saturated carbocycles. The van der Waals surface area contributed by atoms with Gasteiger partial charge in [0.05, 0.1) is 22.1 Å². The Hall–Kier alpha value is -1.47. The first-order chi connectivity index (χ1) is 14.4. The molecule has 1 aromatic carbocycles. The van der Waals surface area contributed by atoms with Crippen molar-refractivity contribution in [2.24, 2.45) is 5.92 Å². The number of thioether (sulfide) groups is 1. The van der Waals surface area contributed by atoms with Crippen LogP contribution in [-0.4, -0.2) is 35.3 Å². The standard InChI is InChI=1S/C23H30BrNO4S/c1-4-15(3)29-21-18(24)11-17(12-19(21)28-5-2)13-20-22(26)25(23(27)30-20)14-16-9-7-6-8-10-16/h11-13,15-16H,4-10,14H2,1-3H3/b20-13+/t15-/m0/s1. The number of hydrogen-bond donors (Lipinski definition) is 0. The third-order valence-corrected chi connectivity index (χ3v) is 7.06. The van der Waals surface area contributed by atoms with E-state index < -0.39 is 0 Å². The van der Waals surface area contributed by atoms with Gasteiger partial charge in [-0.25, -0.2) is 0 Å². The Kier molecular flexibility index (Phi) is 8.28. The lowest BCUT2D eigenvalue weighted by Gasteiger charge is -2.25. The van der Waals surface area contributed by atoms with Crippen molar-refractivity contribution >= 4 is 44.9 Å². The molecule has 3 rings (SSSR count). The molecule has 0 unspecified atom stereocenters. The summed E-state index contributed by atoms with van der Waals surface area (Å²) in [6.45, 7) is 7.04.